The number of halogens is 3. The Labute approximate surface area is 119 Å². The summed E-state index contributed by atoms with van der Waals surface area (Å²) in [4.78, 5) is 4.17. The molecule has 1 aromatic heterocycles. The number of nitrogens with zero attached hydrogens (tertiary/aromatic N) is 1. The van der Waals surface area contributed by atoms with Gasteiger partial charge < -0.3 is 5.73 Å². The maximum Gasteiger partial charge on any atom is 0.416 e. The van der Waals surface area contributed by atoms with Crippen LogP contribution in [-0.4, -0.2) is 4.98 Å². The second-order valence-corrected chi connectivity index (χ2v) is 4.72. The highest BCUT2D eigenvalue weighted by atomic mass is 19.4. The number of benzene rings is 2. The van der Waals surface area contributed by atoms with Crippen molar-refractivity contribution in [2.24, 2.45) is 0 Å². The summed E-state index contributed by atoms with van der Waals surface area (Å²) >= 11 is 0. The van der Waals surface area contributed by atoms with E-state index in [0.29, 0.717) is 22.5 Å². The van der Waals surface area contributed by atoms with Gasteiger partial charge in [-0.15, -0.1) is 0 Å². The van der Waals surface area contributed by atoms with Crippen molar-refractivity contribution in [3.63, 3.8) is 0 Å². The van der Waals surface area contributed by atoms with Crippen LogP contribution < -0.4 is 5.73 Å². The predicted molar refractivity (Wildman–Crippen MR) is 76.6 cm³/mol. The smallest absolute Gasteiger partial charge is 0.384 e. The highest BCUT2D eigenvalue weighted by molar-refractivity contribution is 5.85. The molecule has 0 aliphatic carbocycles. The second-order valence-electron chi connectivity index (χ2n) is 4.72. The summed E-state index contributed by atoms with van der Waals surface area (Å²) in [5.41, 5.74) is 6.89. The van der Waals surface area contributed by atoms with Crippen molar-refractivity contribution in [2.45, 2.75) is 6.18 Å². The van der Waals surface area contributed by atoms with Gasteiger partial charge in [-0.3, -0.25) is 0 Å². The molecule has 0 fully saturated rings. The third-order valence-electron chi connectivity index (χ3n) is 3.23. The van der Waals surface area contributed by atoms with Crippen molar-refractivity contribution < 1.29 is 13.2 Å². The van der Waals surface area contributed by atoms with E-state index in [1.165, 1.54) is 6.07 Å². The molecule has 0 amide bonds. The lowest BCUT2D eigenvalue weighted by molar-refractivity contribution is -0.137. The van der Waals surface area contributed by atoms with Crippen LogP contribution in [-0.2, 0) is 6.18 Å². The molecule has 2 nitrogen and oxygen atoms in total. The van der Waals surface area contributed by atoms with E-state index in [0.717, 1.165) is 17.5 Å². The number of anilines is 1. The van der Waals surface area contributed by atoms with Crippen molar-refractivity contribution in [1.82, 2.24) is 4.98 Å². The Morgan fingerprint density at radius 3 is 2.38 bits per heavy atom. The summed E-state index contributed by atoms with van der Waals surface area (Å²) in [6, 6.07) is 14.0. The van der Waals surface area contributed by atoms with E-state index in [4.69, 9.17) is 5.73 Å². The van der Waals surface area contributed by atoms with E-state index < -0.39 is 11.7 Å². The zero-order valence-corrected chi connectivity index (χ0v) is 10.9. The van der Waals surface area contributed by atoms with Crippen LogP contribution in [0.15, 0.2) is 54.6 Å². The Morgan fingerprint density at radius 1 is 0.857 bits per heavy atom. The molecule has 0 saturated heterocycles. The zero-order chi connectivity index (χ0) is 15.0. The van der Waals surface area contributed by atoms with Crippen molar-refractivity contribution in [1.29, 1.82) is 0 Å². The van der Waals surface area contributed by atoms with Gasteiger partial charge in [0.05, 0.1) is 11.1 Å². The van der Waals surface area contributed by atoms with Crippen molar-refractivity contribution in [2.75, 3.05) is 5.73 Å². The first-order chi connectivity index (χ1) is 9.93. The van der Waals surface area contributed by atoms with Crippen LogP contribution in [0.4, 0.5) is 19.0 Å². The van der Waals surface area contributed by atoms with Gasteiger partial charge in [0.25, 0.3) is 0 Å². The number of alkyl halides is 3. The van der Waals surface area contributed by atoms with Gasteiger partial charge in [-0.05, 0) is 47.5 Å². The Hall–Kier alpha value is -2.56. The van der Waals surface area contributed by atoms with Gasteiger partial charge in [0.2, 0.25) is 0 Å². The van der Waals surface area contributed by atoms with Gasteiger partial charge in [-0.1, -0.05) is 18.2 Å². The van der Waals surface area contributed by atoms with E-state index in [-0.39, 0.29) is 0 Å². The maximum absolute atomic E-state index is 12.8. The molecule has 0 bridgehead atoms. The Balaban J connectivity index is 2.10. The summed E-state index contributed by atoms with van der Waals surface area (Å²) in [6.07, 6.45) is -4.34. The predicted octanol–water partition coefficient (Wildman–Crippen LogP) is 4.50. The second kappa shape index (κ2) is 4.77. The molecule has 0 atom stereocenters. The summed E-state index contributed by atoms with van der Waals surface area (Å²) in [6.45, 7) is 0. The van der Waals surface area contributed by atoms with Gasteiger partial charge in [0, 0.05) is 5.39 Å². The van der Waals surface area contributed by atoms with Crippen LogP contribution in [0.2, 0.25) is 0 Å². The minimum Gasteiger partial charge on any atom is -0.384 e. The molecule has 106 valence electrons. The molecule has 2 aromatic carbocycles. The molecule has 2 N–H and O–H groups in total. The van der Waals surface area contributed by atoms with E-state index in [1.54, 1.807) is 36.4 Å². The topological polar surface area (TPSA) is 38.9 Å². The first kappa shape index (κ1) is 13.4. The lowest BCUT2D eigenvalue weighted by Gasteiger charge is -2.09. The monoisotopic (exact) mass is 288 g/mol. The van der Waals surface area contributed by atoms with E-state index in [9.17, 15) is 13.2 Å². The van der Waals surface area contributed by atoms with Crippen LogP contribution in [0.5, 0.6) is 0 Å². The van der Waals surface area contributed by atoms with E-state index >= 15 is 0 Å². The van der Waals surface area contributed by atoms with E-state index in [1.807, 2.05) is 0 Å². The molecule has 3 rings (SSSR count). The third kappa shape index (κ3) is 2.67. The highest BCUT2D eigenvalue weighted by Gasteiger charge is 2.30. The minimum atomic E-state index is -4.34. The Bertz CT molecular complexity index is 810. The molecule has 0 saturated carbocycles. The third-order valence-corrected chi connectivity index (χ3v) is 3.23. The van der Waals surface area contributed by atoms with E-state index in [2.05, 4.69) is 4.98 Å². The van der Waals surface area contributed by atoms with Crippen molar-refractivity contribution in [3.8, 4) is 11.1 Å². The molecule has 0 aliphatic heterocycles. The largest absolute Gasteiger partial charge is 0.416 e. The lowest BCUT2D eigenvalue weighted by atomic mass is 10.0. The first-order valence-electron chi connectivity index (χ1n) is 6.27. The summed E-state index contributed by atoms with van der Waals surface area (Å²) in [5.74, 6) is 0.411. The molecule has 1 heterocycles. The number of pyridine rings is 1. The van der Waals surface area contributed by atoms with Gasteiger partial charge in [0.1, 0.15) is 5.82 Å². The van der Waals surface area contributed by atoms with Crippen LogP contribution in [0, 0.1) is 0 Å². The van der Waals surface area contributed by atoms with Crippen LogP contribution in [0.3, 0.4) is 0 Å². The molecular weight excluding hydrogens is 277 g/mol. The lowest BCUT2D eigenvalue weighted by Crippen LogP contribution is -2.04. The quantitative estimate of drug-likeness (QED) is 0.716. The molecule has 3 aromatic rings. The number of rotatable bonds is 1. The minimum absolute atomic E-state index is 0.411. The molecule has 0 radical (unpaired) electrons. The van der Waals surface area contributed by atoms with Crippen LogP contribution >= 0.6 is 0 Å². The molecule has 21 heavy (non-hydrogen) atoms. The number of hydrogen-bond donors (Lipinski definition) is 1. The first-order valence-corrected chi connectivity index (χ1v) is 6.27. The molecule has 0 aliphatic rings. The van der Waals surface area contributed by atoms with Gasteiger partial charge >= 0.3 is 6.18 Å². The van der Waals surface area contributed by atoms with Crippen molar-refractivity contribution >= 4 is 16.7 Å². The normalized spacial score (nSPS) is 11.8. The molecule has 0 unspecified atom stereocenters. The number of hydrogen-bond acceptors (Lipinski definition) is 2. The standard InChI is InChI=1S/C16H11F3N2/c17-16(18,19)13-3-1-2-10(9-13)11-4-6-14-12(8-11)5-7-15(20)21-14/h1-9H,(H2,20,21). The maximum atomic E-state index is 12.8. The molecule has 5 heteroatoms. The number of nitrogens with two attached hydrogens (primary N) is 1. The van der Waals surface area contributed by atoms with Gasteiger partial charge in [-0.25, -0.2) is 4.98 Å². The number of nitrogen functional groups attached to an aromatic ring is 1. The fourth-order valence-corrected chi connectivity index (χ4v) is 2.20. The fraction of sp³-hybridized carbons (Fsp3) is 0.0625. The SMILES string of the molecule is Nc1ccc2cc(-c3cccc(C(F)(F)F)c3)ccc2n1. The molecular formula is C16H11F3N2. The average Bonchev–Trinajstić information content (AvgIpc) is 2.46. The average molecular weight is 288 g/mol. The van der Waals surface area contributed by atoms with Crippen LogP contribution in [0.1, 0.15) is 5.56 Å². The van der Waals surface area contributed by atoms with Crippen molar-refractivity contribution in [3.05, 3.63) is 60.2 Å². The van der Waals surface area contributed by atoms with Gasteiger partial charge in [-0.2, -0.15) is 13.2 Å². The summed E-state index contributed by atoms with van der Waals surface area (Å²) < 4.78 is 38.3. The Morgan fingerprint density at radius 2 is 1.62 bits per heavy atom. The number of fused-ring (bicyclic) bond motifs is 1. The highest BCUT2D eigenvalue weighted by Crippen LogP contribution is 2.32. The summed E-state index contributed by atoms with van der Waals surface area (Å²) in [7, 11) is 0. The Kier molecular flexibility index (Phi) is 3.05. The fourth-order valence-electron chi connectivity index (χ4n) is 2.20. The number of aromatic nitrogens is 1. The molecule has 0 spiro atoms. The summed E-state index contributed by atoms with van der Waals surface area (Å²) in [5, 5.41) is 0.833. The zero-order valence-electron chi connectivity index (χ0n) is 10.9. The van der Waals surface area contributed by atoms with Crippen LogP contribution in [0.25, 0.3) is 22.0 Å². The van der Waals surface area contributed by atoms with Gasteiger partial charge in [0.15, 0.2) is 0 Å².